The molecule has 0 aliphatic carbocycles. The van der Waals surface area contributed by atoms with Gasteiger partial charge >= 0.3 is 11.9 Å². The molecule has 4 nitrogen and oxygen atoms in total. The molecule has 0 aliphatic heterocycles. The molecule has 0 saturated heterocycles. The smallest absolute Gasteiger partial charge is 0.338 e. The first-order chi connectivity index (χ1) is 7.15. The van der Waals surface area contributed by atoms with Crippen LogP contribution in [0.4, 0.5) is 0 Å². The summed E-state index contributed by atoms with van der Waals surface area (Å²) < 4.78 is 4.61. The van der Waals surface area contributed by atoms with Gasteiger partial charge in [-0.25, -0.2) is 4.79 Å². The van der Waals surface area contributed by atoms with Crippen LogP contribution in [0.2, 0.25) is 0 Å². The first-order valence-electron chi connectivity index (χ1n) is 4.51. The fraction of sp³-hybridized carbons (Fsp3) is 0.400. The van der Waals surface area contributed by atoms with Gasteiger partial charge in [0, 0.05) is 11.3 Å². The molecule has 0 aromatic carbocycles. The number of hydrogen-bond donors (Lipinski definition) is 1. The van der Waals surface area contributed by atoms with Gasteiger partial charge in [0.05, 0.1) is 12.7 Å². The zero-order valence-corrected chi connectivity index (χ0v) is 9.17. The number of carboxylic acids is 1. The van der Waals surface area contributed by atoms with Crippen LogP contribution in [0.5, 0.6) is 0 Å². The highest BCUT2D eigenvalue weighted by molar-refractivity contribution is 7.10. The number of esters is 1. The number of carbonyl (C=O) groups excluding carboxylic acids is 1. The van der Waals surface area contributed by atoms with E-state index in [1.54, 1.807) is 6.07 Å². The lowest BCUT2D eigenvalue weighted by atomic mass is 10.1. The second kappa shape index (κ2) is 5.50. The Labute approximate surface area is 91.5 Å². The molecule has 5 heteroatoms. The lowest BCUT2D eigenvalue weighted by Gasteiger charge is -2.00. The molecule has 1 N–H and O–H groups in total. The van der Waals surface area contributed by atoms with Crippen molar-refractivity contribution >= 4 is 23.3 Å². The summed E-state index contributed by atoms with van der Waals surface area (Å²) in [5, 5.41) is 10.3. The van der Waals surface area contributed by atoms with Crippen LogP contribution in [-0.4, -0.2) is 24.2 Å². The standard InChI is InChI=1S/C10H12O4S/c1-14-10(13)7-5-6-15-8(7)3-2-4-9(11)12/h5-6H,2-4H2,1H3,(H,11,12). The van der Waals surface area contributed by atoms with E-state index in [0.717, 1.165) is 4.88 Å². The van der Waals surface area contributed by atoms with Gasteiger partial charge in [-0.05, 0) is 24.3 Å². The quantitative estimate of drug-likeness (QED) is 0.782. The van der Waals surface area contributed by atoms with Gasteiger partial charge in [-0.2, -0.15) is 0 Å². The van der Waals surface area contributed by atoms with Gasteiger partial charge in [0.15, 0.2) is 0 Å². The van der Waals surface area contributed by atoms with Crippen LogP contribution in [0, 0.1) is 0 Å². The predicted octanol–water partition coefficient (Wildman–Crippen LogP) is 1.94. The minimum Gasteiger partial charge on any atom is -0.481 e. The SMILES string of the molecule is COC(=O)c1ccsc1CCCC(=O)O. The second-order valence-corrected chi connectivity index (χ2v) is 4.00. The summed E-state index contributed by atoms with van der Waals surface area (Å²) in [6, 6.07) is 1.70. The van der Waals surface area contributed by atoms with E-state index in [4.69, 9.17) is 5.11 Å². The van der Waals surface area contributed by atoms with Crippen molar-refractivity contribution in [1.82, 2.24) is 0 Å². The number of aliphatic carboxylic acids is 1. The Morgan fingerprint density at radius 3 is 2.87 bits per heavy atom. The first kappa shape index (κ1) is 11.7. The Morgan fingerprint density at radius 2 is 2.27 bits per heavy atom. The summed E-state index contributed by atoms with van der Waals surface area (Å²) in [5.74, 6) is -1.17. The van der Waals surface area contributed by atoms with E-state index in [1.807, 2.05) is 5.38 Å². The molecule has 0 radical (unpaired) electrons. The van der Waals surface area contributed by atoms with Crippen LogP contribution in [0.1, 0.15) is 28.1 Å². The van der Waals surface area contributed by atoms with Crippen molar-refractivity contribution < 1.29 is 19.4 Å². The minimum absolute atomic E-state index is 0.124. The zero-order valence-electron chi connectivity index (χ0n) is 8.36. The molecule has 0 aliphatic rings. The van der Waals surface area contributed by atoms with E-state index in [2.05, 4.69) is 4.74 Å². The lowest BCUT2D eigenvalue weighted by molar-refractivity contribution is -0.137. The summed E-state index contributed by atoms with van der Waals surface area (Å²) >= 11 is 1.45. The van der Waals surface area contributed by atoms with Crippen LogP contribution in [-0.2, 0) is 16.0 Å². The topological polar surface area (TPSA) is 63.6 Å². The third kappa shape index (κ3) is 3.36. The number of carbonyl (C=O) groups is 2. The molecule has 0 bridgehead atoms. The predicted molar refractivity (Wildman–Crippen MR) is 56.2 cm³/mol. The van der Waals surface area contributed by atoms with Gasteiger partial charge in [-0.15, -0.1) is 11.3 Å². The number of aryl methyl sites for hydroxylation is 1. The molecular weight excluding hydrogens is 216 g/mol. The van der Waals surface area contributed by atoms with E-state index in [-0.39, 0.29) is 12.4 Å². The molecule has 1 heterocycles. The van der Waals surface area contributed by atoms with Gasteiger partial charge in [-0.3, -0.25) is 4.79 Å². The average molecular weight is 228 g/mol. The van der Waals surface area contributed by atoms with Crippen molar-refractivity contribution in [3.8, 4) is 0 Å². The van der Waals surface area contributed by atoms with Gasteiger partial charge in [0.2, 0.25) is 0 Å². The fourth-order valence-electron chi connectivity index (χ4n) is 1.23. The Kier molecular flexibility index (Phi) is 4.30. The largest absolute Gasteiger partial charge is 0.481 e. The van der Waals surface area contributed by atoms with Crippen molar-refractivity contribution in [2.24, 2.45) is 0 Å². The second-order valence-electron chi connectivity index (χ2n) is 3.00. The molecule has 82 valence electrons. The Hall–Kier alpha value is -1.36. The summed E-state index contributed by atoms with van der Waals surface area (Å²) in [6.45, 7) is 0. The van der Waals surface area contributed by atoms with Gasteiger partial charge in [-0.1, -0.05) is 0 Å². The van der Waals surface area contributed by atoms with E-state index in [1.165, 1.54) is 18.4 Å². The third-order valence-corrected chi connectivity index (χ3v) is 2.93. The monoisotopic (exact) mass is 228 g/mol. The molecule has 1 rings (SSSR count). The number of rotatable bonds is 5. The lowest BCUT2D eigenvalue weighted by Crippen LogP contribution is -2.03. The maximum Gasteiger partial charge on any atom is 0.338 e. The number of thiophene rings is 1. The highest BCUT2D eigenvalue weighted by Gasteiger charge is 2.12. The normalized spacial score (nSPS) is 9.93. The highest BCUT2D eigenvalue weighted by atomic mass is 32.1. The van der Waals surface area contributed by atoms with E-state index < -0.39 is 5.97 Å². The maximum absolute atomic E-state index is 11.3. The molecule has 0 spiro atoms. The van der Waals surface area contributed by atoms with Crippen molar-refractivity contribution in [2.45, 2.75) is 19.3 Å². The summed E-state index contributed by atoms with van der Waals surface area (Å²) in [4.78, 5) is 22.5. The van der Waals surface area contributed by atoms with Gasteiger partial charge in [0.1, 0.15) is 0 Å². The van der Waals surface area contributed by atoms with Crippen molar-refractivity contribution in [3.05, 3.63) is 21.9 Å². The molecule has 1 aromatic rings. The van der Waals surface area contributed by atoms with Crippen molar-refractivity contribution in [1.29, 1.82) is 0 Å². The fourth-order valence-corrected chi connectivity index (χ4v) is 2.14. The van der Waals surface area contributed by atoms with E-state index in [9.17, 15) is 9.59 Å². The molecule has 0 fully saturated rings. The number of ether oxygens (including phenoxy) is 1. The van der Waals surface area contributed by atoms with Gasteiger partial charge in [0.25, 0.3) is 0 Å². The number of carboxylic acid groups (broad SMARTS) is 1. The van der Waals surface area contributed by atoms with Gasteiger partial charge < -0.3 is 9.84 Å². The summed E-state index contributed by atoms with van der Waals surface area (Å²) in [5.41, 5.74) is 0.549. The van der Waals surface area contributed by atoms with Crippen LogP contribution in [0.25, 0.3) is 0 Å². The average Bonchev–Trinajstić information content (AvgIpc) is 2.64. The van der Waals surface area contributed by atoms with E-state index in [0.29, 0.717) is 18.4 Å². The Balaban J connectivity index is 2.57. The molecule has 15 heavy (non-hydrogen) atoms. The third-order valence-electron chi connectivity index (χ3n) is 1.95. The van der Waals surface area contributed by atoms with Crippen LogP contribution < -0.4 is 0 Å². The van der Waals surface area contributed by atoms with Crippen molar-refractivity contribution in [3.63, 3.8) is 0 Å². The summed E-state index contributed by atoms with van der Waals surface area (Å²) in [6.07, 6.45) is 1.27. The number of hydrogen-bond acceptors (Lipinski definition) is 4. The molecule has 0 atom stereocenters. The zero-order chi connectivity index (χ0) is 11.3. The Morgan fingerprint density at radius 1 is 1.53 bits per heavy atom. The molecule has 1 aromatic heterocycles. The van der Waals surface area contributed by atoms with Crippen LogP contribution >= 0.6 is 11.3 Å². The molecule has 0 amide bonds. The highest BCUT2D eigenvalue weighted by Crippen LogP contribution is 2.19. The van der Waals surface area contributed by atoms with E-state index >= 15 is 0 Å². The molecular formula is C10H12O4S. The van der Waals surface area contributed by atoms with Crippen LogP contribution in [0.3, 0.4) is 0 Å². The minimum atomic E-state index is -0.814. The first-order valence-corrected chi connectivity index (χ1v) is 5.39. The van der Waals surface area contributed by atoms with Crippen LogP contribution in [0.15, 0.2) is 11.4 Å². The van der Waals surface area contributed by atoms with Crippen molar-refractivity contribution in [2.75, 3.05) is 7.11 Å². The summed E-state index contributed by atoms with van der Waals surface area (Å²) in [7, 11) is 1.33. The Bertz CT molecular complexity index is 356. The molecule has 0 saturated carbocycles. The maximum atomic E-state index is 11.3. The molecule has 0 unspecified atom stereocenters. The number of methoxy groups -OCH3 is 1.